The van der Waals surface area contributed by atoms with E-state index in [1.54, 1.807) is 11.8 Å². The molecule has 0 spiro atoms. The monoisotopic (exact) mass is 340 g/mol. The third kappa shape index (κ3) is 5.78. The van der Waals surface area contributed by atoms with Gasteiger partial charge in [0.15, 0.2) is 0 Å². The summed E-state index contributed by atoms with van der Waals surface area (Å²) in [5.74, 6) is -0.108. The molecule has 0 aromatic heterocycles. The number of likely N-dealkylation sites (tertiary alicyclic amines) is 1. The maximum Gasteiger partial charge on any atom is 0.321 e. The van der Waals surface area contributed by atoms with Crippen molar-refractivity contribution in [1.82, 2.24) is 20.4 Å². The maximum atomic E-state index is 12.4. The molecule has 1 saturated heterocycles. The largest absolute Gasteiger partial charge is 0.343 e. The number of carbonyl (C=O) groups is 3. The second kappa shape index (κ2) is 9.01. The van der Waals surface area contributed by atoms with Gasteiger partial charge in [-0.15, -0.1) is 0 Å². The van der Waals surface area contributed by atoms with Gasteiger partial charge in [0.25, 0.3) is 0 Å². The lowest BCUT2D eigenvalue weighted by molar-refractivity contribution is -0.137. The molecule has 0 aromatic rings. The molecule has 0 aromatic carbocycles. The molecule has 24 heavy (non-hydrogen) atoms. The first-order valence-electron chi connectivity index (χ1n) is 8.75. The van der Waals surface area contributed by atoms with Gasteiger partial charge in [-0.25, -0.2) is 4.79 Å². The molecule has 0 radical (unpaired) electrons. The maximum absolute atomic E-state index is 12.4. The van der Waals surface area contributed by atoms with Gasteiger partial charge in [-0.05, 0) is 60.5 Å². The molecule has 1 aliphatic rings. The molecule has 0 bridgehead atoms. The van der Waals surface area contributed by atoms with E-state index >= 15 is 0 Å². The van der Waals surface area contributed by atoms with Crippen LogP contribution in [0.25, 0.3) is 0 Å². The van der Waals surface area contributed by atoms with Crippen molar-refractivity contribution in [3.05, 3.63) is 0 Å². The van der Waals surface area contributed by atoms with Crippen LogP contribution in [-0.2, 0) is 9.59 Å². The highest BCUT2D eigenvalue weighted by Crippen LogP contribution is 2.21. The van der Waals surface area contributed by atoms with Crippen LogP contribution in [0.15, 0.2) is 0 Å². The predicted molar refractivity (Wildman–Crippen MR) is 93.5 cm³/mol. The van der Waals surface area contributed by atoms with Gasteiger partial charge >= 0.3 is 6.03 Å². The second-order valence-electron chi connectivity index (χ2n) is 7.15. The lowest BCUT2D eigenvalue weighted by atomic mass is 9.94. The summed E-state index contributed by atoms with van der Waals surface area (Å²) in [6, 6.07) is -0.681. The Morgan fingerprint density at radius 2 is 1.58 bits per heavy atom. The molecular weight excluding hydrogens is 308 g/mol. The molecular formula is C17H32N4O3. The third-order valence-electron chi connectivity index (χ3n) is 4.58. The van der Waals surface area contributed by atoms with Crippen molar-refractivity contribution in [2.24, 2.45) is 5.92 Å². The van der Waals surface area contributed by atoms with Crippen LogP contribution in [0.3, 0.4) is 0 Å². The van der Waals surface area contributed by atoms with Crippen molar-refractivity contribution in [1.29, 1.82) is 0 Å². The Bertz CT molecular complexity index is 457. The average Bonchev–Trinajstić information content (AvgIpc) is 2.51. The normalized spacial score (nSPS) is 17.7. The van der Waals surface area contributed by atoms with E-state index in [0.29, 0.717) is 13.1 Å². The van der Waals surface area contributed by atoms with Crippen LogP contribution in [0.1, 0.15) is 47.5 Å². The van der Waals surface area contributed by atoms with Crippen molar-refractivity contribution in [2.75, 3.05) is 20.1 Å². The van der Waals surface area contributed by atoms with Gasteiger partial charge in [-0.3, -0.25) is 19.8 Å². The van der Waals surface area contributed by atoms with E-state index < -0.39 is 6.03 Å². The van der Waals surface area contributed by atoms with Gasteiger partial charge < -0.3 is 10.2 Å². The minimum absolute atomic E-state index is 0.0205. The van der Waals surface area contributed by atoms with Gasteiger partial charge in [-0.2, -0.15) is 0 Å². The van der Waals surface area contributed by atoms with Gasteiger partial charge in [0, 0.05) is 25.0 Å². The van der Waals surface area contributed by atoms with Crippen LogP contribution >= 0.6 is 0 Å². The summed E-state index contributed by atoms with van der Waals surface area (Å²) in [4.78, 5) is 40.0. The Labute approximate surface area is 145 Å². The summed E-state index contributed by atoms with van der Waals surface area (Å²) in [7, 11) is 1.84. The number of piperidine rings is 1. The number of carbonyl (C=O) groups excluding carboxylic acids is 3. The fraction of sp³-hybridized carbons (Fsp3) is 0.824. The summed E-state index contributed by atoms with van der Waals surface area (Å²) in [5, 5.41) is 5.01. The zero-order valence-electron chi connectivity index (χ0n) is 15.8. The molecule has 7 heteroatoms. The predicted octanol–water partition coefficient (Wildman–Crippen LogP) is 1.19. The number of rotatable bonds is 5. The van der Waals surface area contributed by atoms with E-state index in [-0.39, 0.29) is 35.9 Å². The van der Waals surface area contributed by atoms with E-state index in [2.05, 4.69) is 10.6 Å². The molecule has 4 amide bonds. The number of urea groups is 1. The van der Waals surface area contributed by atoms with Gasteiger partial charge in [0.2, 0.25) is 11.8 Å². The first kappa shape index (κ1) is 20.4. The number of hydrogen-bond donors (Lipinski definition) is 2. The number of nitrogens with zero attached hydrogens (tertiary/aromatic N) is 2. The van der Waals surface area contributed by atoms with Crippen molar-refractivity contribution in [3.8, 4) is 0 Å². The van der Waals surface area contributed by atoms with Crippen molar-refractivity contribution < 1.29 is 14.4 Å². The zero-order valence-corrected chi connectivity index (χ0v) is 15.8. The highest BCUT2D eigenvalue weighted by molar-refractivity contribution is 5.96. The highest BCUT2D eigenvalue weighted by Gasteiger charge is 2.31. The molecule has 138 valence electrons. The average molecular weight is 340 g/mol. The van der Waals surface area contributed by atoms with Crippen LogP contribution in [0.5, 0.6) is 0 Å². The highest BCUT2D eigenvalue weighted by atomic mass is 16.2. The zero-order chi connectivity index (χ0) is 18.4. The second-order valence-corrected chi connectivity index (χ2v) is 7.15. The Kier molecular flexibility index (Phi) is 7.66. The Hall–Kier alpha value is -1.63. The fourth-order valence-corrected chi connectivity index (χ4v) is 2.76. The van der Waals surface area contributed by atoms with Gasteiger partial charge in [-0.1, -0.05) is 0 Å². The smallest absolute Gasteiger partial charge is 0.321 e. The molecule has 1 rings (SSSR count). The quantitative estimate of drug-likeness (QED) is 0.788. The minimum Gasteiger partial charge on any atom is -0.343 e. The Morgan fingerprint density at radius 1 is 1.04 bits per heavy atom. The van der Waals surface area contributed by atoms with Crippen molar-refractivity contribution in [2.45, 2.75) is 65.6 Å². The van der Waals surface area contributed by atoms with Crippen LogP contribution in [-0.4, -0.2) is 65.9 Å². The first-order valence-corrected chi connectivity index (χ1v) is 8.75. The van der Waals surface area contributed by atoms with Crippen LogP contribution in [0.2, 0.25) is 0 Å². The molecule has 1 unspecified atom stereocenters. The van der Waals surface area contributed by atoms with Crippen LogP contribution in [0, 0.1) is 5.92 Å². The van der Waals surface area contributed by atoms with E-state index in [1.165, 1.54) is 0 Å². The third-order valence-corrected chi connectivity index (χ3v) is 4.58. The lowest BCUT2D eigenvalue weighted by Crippen LogP contribution is -2.53. The van der Waals surface area contributed by atoms with Gasteiger partial charge in [0.1, 0.15) is 0 Å². The summed E-state index contributed by atoms with van der Waals surface area (Å²) in [5.41, 5.74) is 0. The lowest BCUT2D eigenvalue weighted by Gasteiger charge is -2.36. The Morgan fingerprint density at radius 3 is 2.04 bits per heavy atom. The van der Waals surface area contributed by atoms with Crippen molar-refractivity contribution >= 4 is 17.8 Å². The molecule has 7 nitrogen and oxygen atoms in total. The van der Waals surface area contributed by atoms with Crippen LogP contribution < -0.4 is 10.6 Å². The standard InChI is InChI=1S/C17H32N4O3/c1-11(2)18-17(24)19-15(22)13(5)21-9-7-14(8-10-21)16(23)20(6)12(3)4/h11-14H,7-10H2,1-6H3,(H2,18,19,22,24). The number of nitrogens with one attached hydrogen (secondary N) is 2. The molecule has 0 aliphatic carbocycles. The SMILES string of the molecule is CC(C)NC(=O)NC(=O)C(C)N1CCC(C(=O)N(C)C(C)C)CC1. The first-order chi connectivity index (χ1) is 11.1. The van der Waals surface area contributed by atoms with E-state index in [9.17, 15) is 14.4 Å². The summed E-state index contributed by atoms with van der Waals surface area (Å²) >= 11 is 0. The summed E-state index contributed by atoms with van der Waals surface area (Å²) in [6.07, 6.45) is 1.48. The van der Waals surface area contributed by atoms with E-state index in [1.807, 2.05) is 39.6 Å². The summed E-state index contributed by atoms with van der Waals surface area (Å²) in [6.45, 7) is 10.8. The molecule has 1 fully saturated rings. The number of hydrogen-bond acceptors (Lipinski definition) is 4. The Balaban J connectivity index is 2.47. The summed E-state index contributed by atoms with van der Waals surface area (Å²) < 4.78 is 0. The molecule has 1 heterocycles. The van der Waals surface area contributed by atoms with Crippen LogP contribution in [0.4, 0.5) is 4.79 Å². The van der Waals surface area contributed by atoms with Gasteiger partial charge in [0.05, 0.1) is 6.04 Å². The minimum atomic E-state index is -0.467. The number of amides is 4. The van der Waals surface area contributed by atoms with E-state index in [0.717, 1.165) is 12.8 Å². The van der Waals surface area contributed by atoms with Crippen molar-refractivity contribution in [3.63, 3.8) is 0 Å². The molecule has 1 atom stereocenters. The molecule has 0 saturated carbocycles. The molecule has 2 N–H and O–H groups in total. The fourth-order valence-electron chi connectivity index (χ4n) is 2.76. The number of imide groups is 1. The topological polar surface area (TPSA) is 81.8 Å². The molecule has 1 aliphatic heterocycles. The van der Waals surface area contributed by atoms with E-state index in [4.69, 9.17) is 0 Å².